The van der Waals surface area contributed by atoms with Gasteiger partial charge in [0, 0.05) is 19.5 Å². The van der Waals surface area contributed by atoms with Crippen LogP contribution in [0.15, 0.2) is 42.5 Å². The molecule has 0 spiro atoms. The van der Waals surface area contributed by atoms with Gasteiger partial charge < -0.3 is 10.1 Å². The largest absolute Gasteiger partial charge is 0.497 e. The number of nitrogens with one attached hydrogen (secondary N) is 1. The van der Waals surface area contributed by atoms with E-state index in [1.165, 1.54) is 4.31 Å². The fraction of sp³-hybridized carbons (Fsp3) is 0.350. The van der Waals surface area contributed by atoms with Gasteiger partial charge in [-0.05, 0) is 48.7 Å². The summed E-state index contributed by atoms with van der Waals surface area (Å²) in [7, 11) is -1.89. The van der Waals surface area contributed by atoms with Gasteiger partial charge >= 0.3 is 0 Å². The minimum atomic E-state index is -3.49. The Morgan fingerprint density at radius 2 is 1.78 bits per heavy atom. The number of carbonyl (C=O) groups excluding carboxylic acids is 1. The molecule has 0 saturated heterocycles. The van der Waals surface area contributed by atoms with E-state index in [0.717, 1.165) is 28.7 Å². The number of hydrogen-bond donors (Lipinski definition) is 1. The zero-order chi connectivity index (χ0) is 20.0. The van der Waals surface area contributed by atoms with Crippen LogP contribution < -0.4 is 14.4 Å². The molecule has 0 atom stereocenters. The molecule has 2 rings (SSSR count). The quantitative estimate of drug-likeness (QED) is 0.752. The van der Waals surface area contributed by atoms with E-state index in [1.54, 1.807) is 7.11 Å². The van der Waals surface area contributed by atoms with E-state index in [1.807, 2.05) is 56.3 Å². The highest BCUT2D eigenvalue weighted by atomic mass is 32.2. The number of carbonyl (C=O) groups is 1. The smallest absolute Gasteiger partial charge is 0.232 e. The molecule has 0 unspecified atom stereocenters. The lowest BCUT2D eigenvalue weighted by atomic mass is 10.1. The van der Waals surface area contributed by atoms with Crippen molar-refractivity contribution in [2.45, 2.75) is 26.8 Å². The van der Waals surface area contributed by atoms with Gasteiger partial charge in [-0.2, -0.15) is 0 Å². The fourth-order valence-corrected chi connectivity index (χ4v) is 3.67. The molecule has 0 bridgehead atoms. The molecule has 2 aromatic carbocycles. The minimum absolute atomic E-state index is 0.0800. The SMILES string of the molecule is COc1ccc(CNC(=O)CCN(c2cc(C)ccc2C)S(C)(=O)=O)cc1. The molecular weight excluding hydrogens is 364 g/mol. The Bertz CT molecular complexity index is 893. The molecule has 27 heavy (non-hydrogen) atoms. The van der Waals surface area contributed by atoms with Crippen molar-refractivity contribution >= 4 is 21.6 Å². The standard InChI is InChI=1S/C20H26N2O4S/c1-15-5-6-16(2)19(13-15)22(27(4,24)25)12-11-20(23)21-14-17-7-9-18(26-3)10-8-17/h5-10,13H,11-12,14H2,1-4H3,(H,21,23). The number of rotatable bonds is 8. The third-order valence-corrected chi connectivity index (χ3v) is 5.40. The van der Waals surface area contributed by atoms with E-state index in [2.05, 4.69) is 5.32 Å². The second-order valence-electron chi connectivity index (χ2n) is 6.50. The number of anilines is 1. The van der Waals surface area contributed by atoms with Gasteiger partial charge in [-0.3, -0.25) is 9.10 Å². The number of sulfonamides is 1. The minimum Gasteiger partial charge on any atom is -0.497 e. The van der Waals surface area contributed by atoms with Crippen molar-refractivity contribution in [2.24, 2.45) is 0 Å². The number of hydrogen-bond acceptors (Lipinski definition) is 4. The Hall–Kier alpha value is -2.54. The normalized spacial score (nSPS) is 11.1. The monoisotopic (exact) mass is 390 g/mol. The summed E-state index contributed by atoms with van der Waals surface area (Å²) in [5.74, 6) is 0.548. The van der Waals surface area contributed by atoms with E-state index in [-0.39, 0.29) is 18.9 Å². The van der Waals surface area contributed by atoms with Crippen LogP contribution in [-0.2, 0) is 21.4 Å². The summed E-state index contributed by atoms with van der Waals surface area (Å²) in [5.41, 5.74) is 3.37. The van der Waals surface area contributed by atoms with Gasteiger partial charge in [0.05, 0.1) is 19.1 Å². The topological polar surface area (TPSA) is 75.7 Å². The van der Waals surface area contributed by atoms with Crippen molar-refractivity contribution in [1.82, 2.24) is 5.32 Å². The molecular formula is C20H26N2O4S. The molecule has 0 aliphatic carbocycles. The van der Waals surface area contributed by atoms with E-state index >= 15 is 0 Å². The molecule has 0 aromatic heterocycles. The van der Waals surface area contributed by atoms with E-state index in [4.69, 9.17) is 4.74 Å². The fourth-order valence-electron chi connectivity index (χ4n) is 2.69. The summed E-state index contributed by atoms with van der Waals surface area (Å²) < 4.78 is 30.9. The van der Waals surface area contributed by atoms with Gasteiger partial charge in [-0.1, -0.05) is 24.3 Å². The first-order valence-corrected chi connectivity index (χ1v) is 10.5. The Morgan fingerprint density at radius 3 is 2.37 bits per heavy atom. The molecule has 1 amide bonds. The van der Waals surface area contributed by atoms with Crippen LogP contribution in [0.2, 0.25) is 0 Å². The van der Waals surface area contributed by atoms with E-state index in [9.17, 15) is 13.2 Å². The number of amides is 1. The van der Waals surface area contributed by atoms with Gasteiger partial charge in [0.25, 0.3) is 0 Å². The van der Waals surface area contributed by atoms with Crippen LogP contribution in [-0.4, -0.2) is 34.2 Å². The van der Waals surface area contributed by atoms with Crippen LogP contribution in [0.5, 0.6) is 5.75 Å². The molecule has 2 aromatic rings. The first-order valence-electron chi connectivity index (χ1n) is 8.65. The third kappa shape index (κ3) is 5.99. The van der Waals surface area contributed by atoms with Crippen LogP contribution in [0.25, 0.3) is 0 Å². The molecule has 0 heterocycles. The Kier molecular flexibility index (Phi) is 6.85. The van der Waals surface area contributed by atoms with Crippen molar-refractivity contribution in [3.8, 4) is 5.75 Å². The van der Waals surface area contributed by atoms with Crippen LogP contribution in [0.1, 0.15) is 23.1 Å². The number of aryl methyl sites for hydroxylation is 2. The Labute approximate surface area is 161 Å². The highest BCUT2D eigenvalue weighted by molar-refractivity contribution is 7.92. The van der Waals surface area contributed by atoms with Gasteiger partial charge in [0.2, 0.25) is 15.9 Å². The summed E-state index contributed by atoms with van der Waals surface area (Å²) in [6, 6.07) is 13.0. The summed E-state index contributed by atoms with van der Waals surface area (Å²) in [6.07, 6.45) is 1.24. The molecule has 0 fully saturated rings. The average Bonchev–Trinajstić information content (AvgIpc) is 2.62. The van der Waals surface area contributed by atoms with Crippen molar-refractivity contribution in [1.29, 1.82) is 0 Å². The molecule has 0 saturated carbocycles. The lowest BCUT2D eigenvalue weighted by Gasteiger charge is -2.24. The Morgan fingerprint density at radius 1 is 1.11 bits per heavy atom. The summed E-state index contributed by atoms with van der Waals surface area (Å²) in [4.78, 5) is 12.2. The average molecular weight is 391 g/mol. The van der Waals surface area contributed by atoms with Crippen LogP contribution in [0.3, 0.4) is 0 Å². The third-order valence-electron chi connectivity index (χ3n) is 4.22. The summed E-state index contributed by atoms with van der Waals surface area (Å²) in [5, 5.41) is 2.82. The van der Waals surface area contributed by atoms with Crippen molar-refractivity contribution < 1.29 is 17.9 Å². The number of benzene rings is 2. The highest BCUT2D eigenvalue weighted by Crippen LogP contribution is 2.24. The lowest BCUT2D eigenvalue weighted by molar-refractivity contribution is -0.121. The molecule has 0 aliphatic heterocycles. The van der Waals surface area contributed by atoms with Crippen LogP contribution >= 0.6 is 0 Å². The summed E-state index contributed by atoms with van der Waals surface area (Å²) in [6.45, 7) is 4.24. The van der Waals surface area contributed by atoms with Gasteiger partial charge in [0.15, 0.2) is 0 Å². The molecule has 6 nitrogen and oxygen atoms in total. The molecule has 7 heteroatoms. The van der Waals surface area contributed by atoms with Crippen LogP contribution in [0.4, 0.5) is 5.69 Å². The molecule has 1 N–H and O–H groups in total. The van der Waals surface area contributed by atoms with Gasteiger partial charge in [-0.15, -0.1) is 0 Å². The van der Waals surface area contributed by atoms with Gasteiger partial charge in [0.1, 0.15) is 5.75 Å². The number of ether oxygens (including phenoxy) is 1. The lowest BCUT2D eigenvalue weighted by Crippen LogP contribution is -2.35. The predicted octanol–water partition coefficient (Wildman–Crippen LogP) is 2.78. The molecule has 0 aliphatic rings. The maximum absolute atomic E-state index is 12.2. The van der Waals surface area contributed by atoms with E-state index in [0.29, 0.717) is 12.2 Å². The van der Waals surface area contributed by atoms with Gasteiger partial charge in [-0.25, -0.2) is 8.42 Å². The first-order chi connectivity index (χ1) is 12.7. The van der Waals surface area contributed by atoms with Crippen molar-refractivity contribution in [3.63, 3.8) is 0 Å². The first kappa shape index (κ1) is 20.8. The summed E-state index contributed by atoms with van der Waals surface area (Å²) >= 11 is 0. The number of methoxy groups -OCH3 is 1. The van der Waals surface area contributed by atoms with Crippen molar-refractivity contribution in [2.75, 3.05) is 24.2 Å². The van der Waals surface area contributed by atoms with E-state index < -0.39 is 10.0 Å². The second-order valence-corrected chi connectivity index (χ2v) is 8.41. The maximum atomic E-state index is 12.2. The highest BCUT2D eigenvalue weighted by Gasteiger charge is 2.20. The molecule has 0 radical (unpaired) electrons. The Balaban J connectivity index is 2.00. The second kappa shape index (κ2) is 8.90. The maximum Gasteiger partial charge on any atom is 0.232 e. The predicted molar refractivity (Wildman–Crippen MR) is 108 cm³/mol. The van der Waals surface area contributed by atoms with Crippen LogP contribution in [0, 0.1) is 13.8 Å². The molecule has 146 valence electrons. The number of nitrogens with zero attached hydrogens (tertiary/aromatic N) is 1. The van der Waals surface area contributed by atoms with Crippen molar-refractivity contribution in [3.05, 3.63) is 59.2 Å². The zero-order valence-electron chi connectivity index (χ0n) is 16.2. The zero-order valence-corrected chi connectivity index (χ0v) is 17.0.